The highest BCUT2D eigenvalue weighted by molar-refractivity contribution is 7.92. The molecule has 0 aliphatic carbocycles. The summed E-state index contributed by atoms with van der Waals surface area (Å²) in [5.41, 5.74) is 1.33. The first kappa shape index (κ1) is 22.5. The minimum absolute atomic E-state index is 0.109. The van der Waals surface area contributed by atoms with Crippen molar-refractivity contribution in [1.82, 2.24) is 5.32 Å². The van der Waals surface area contributed by atoms with Gasteiger partial charge in [-0.15, -0.1) is 0 Å². The summed E-state index contributed by atoms with van der Waals surface area (Å²) in [6.45, 7) is 0.608. The Balaban J connectivity index is 1.54. The first-order valence-corrected chi connectivity index (χ1v) is 11.5. The highest BCUT2D eigenvalue weighted by Crippen LogP contribution is 2.36. The minimum Gasteiger partial charge on any atom is -0.493 e. The first-order valence-electron chi connectivity index (χ1n) is 9.67. The van der Waals surface area contributed by atoms with Crippen LogP contribution in [0.3, 0.4) is 0 Å². The Morgan fingerprint density at radius 2 is 1.81 bits per heavy atom. The van der Waals surface area contributed by atoms with Crippen molar-refractivity contribution in [2.75, 3.05) is 38.1 Å². The number of carbonyl (C=O) groups is 1. The van der Waals surface area contributed by atoms with Crippen LogP contribution in [0, 0.1) is 0 Å². The van der Waals surface area contributed by atoms with Crippen LogP contribution in [0.1, 0.15) is 18.4 Å². The summed E-state index contributed by atoms with van der Waals surface area (Å²) in [5, 5.41) is 2.83. The number of benzene rings is 2. The third kappa shape index (κ3) is 5.72. The van der Waals surface area contributed by atoms with Crippen molar-refractivity contribution in [2.45, 2.75) is 19.4 Å². The maximum atomic E-state index is 12.3. The molecule has 9 nitrogen and oxygen atoms in total. The molecule has 0 radical (unpaired) electrons. The maximum absolute atomic E-state index is 12.3. The summed E-state index contributed by atoms with van der Waals surface area (Å²) in [5.74, 6) is 2.10. The second kappa shape index (κ2) is 9.78. The summed E-state index contributed by atoms with van der Waals surface area (Å²) >= 11 is 0. The highest BCUT2D eigenvalue weighted by Gasteiger charge is 2.21. The second-order valence-corrected chi connectivity index (χ2v) is 8.85. The molecule has 0 aromatic heterocycles. The normalized spacial score (nSPS) is 12.4. The van der Waals surface area contributed by atoms with Gasteiger partial charge in [0.05, 0.1) is 26.2 Å². The molecule has 1 amide bonds. The SMILES string of the molecule is COc1ccc(CNC(=O)CCCN(c2ccc3c(c2)OCO3)S(C)(=O)=O)cc1OC. The number of fused-ring (bicyclic) bond motifs is 1. The van der Waals surface area contributed by atoms with Gasteiger partial charge in [0.15, 0.2) is 23.0 Å². The van der Waals surface area contributed by atoms with Crippen LogP contribution in [-0.4, -0.2) is 48.1 Å². The van der Waals surface area contributed by atoms with E-state index in [1.54, 1.807) is 44.6 Å². The van der Waals surface area contributed by atoms with Crippen LogP contribution in [-0.2, 0) is 21.4 Å². The van der Waals surface area contributed by atoms with Crippen LogP contribution >= 0.6 is 0 Å². The molecular weight excluding hydrogens is 424 g/mol. The standard InChI is InChI=1S/C21H26N2O7S/c1-27-17-8-6-15(11-19(17)28-2)13-22-21(24)5-4-10-23(31(3,25)26)16-7-9-18-20(12-16)30-14-29-18/h6-9,11-12H,4-5,10,13-14H2,1-3H3,(H,22,24). The summed E-state index contributed by atoms with van der Waals surface area (Å²) in [4.78, 5) is 12.2. The molecule has 1 heterocycles. The Morgan fingerprint density at radius 3 is 2.52 bits per heavy atom. The van der Waals surface area contributed by atoms with Crippen molar-refractivity contribution in [1.29, 1.82) is 0 Å². The number of nitrogens with one attached hydrogen (secondary N) is 1. The van der Waals surface area contributed by atoms with E-state index in [4.69, 9.17) is 18.9 Å². The van der Waals surface area contributed by atoms with Crippen LogP contribution in [0.25, 0.3) is 0 Å². The highest BCUT2D eigenvalue weighted by atomic mass is 32.2. The largest absolute Gasteiger partial charge is 0.493 e. The molecule has 0 unspecified atom stereocenters. The van der Waals surface area contributed by atoms with Gasteiger partial charge in [-0.05, 0) is 36.2 Å². The molecule has 0 spiro atoms. The molecule has 31 heavy (non-hydrogen) atoms. The lowest BCUT2D eigenvalue weighted by atomic mass is 10.2. The molecule has 1 aliphatic rings. The number of methoxy groups -OCH3 is 2. The summed E-state index contributed by atoms with van der Waals surface area (Å²) in [7, 11) is -0.416. The lowest BCUT2D eigenvalue weighted by molar-refractivity contribution is -0.121. The smallest absolute Gasteiger partial charge is 0.232 e. The zero-order valence-corrected chi connectivity index (χ0v) is 18.5. The van der Waals surface area contributed by atoms with Crippen molar-refractivity contribution >= 4 is 21.6 Å². The van der Waals surface area contributed by atoms with Crippen molar-refractivity contribution in [2.24, 2.45) is 0 Å². The lowest BCUT2D eigenvalue weighted by Crippen LogP contribution is -2.32. The Labute approximate surface area is 181 Å². The average molecular weight is 451 g/mol. The lowest BCUT2D eigenvalue weighted by Gasteiger charge is -2.22. The monoisotopic (exact) mass is 450 g/mol. The Kier molecular flexibility index (Phi) is 7.11. The van der Waals surface area contributed by atoms with E-state index in [0.717, 1.165) is 11.8 Å². The molecule has 168 valence electrons. The molecule has 1 aliphatic heterocycles. The number of ether oxygens (including phenoxy) is 4. The van der Waals surface area contributed by atoms with Crippen LogP contribution < -0.4 is 28.6 Å². The predicted octanol–water partition coefficient (Wildman–Crippen LogP) is 2.30. The number of sulfonamides is 1. The predicted molar refractivity (Wildman–Crippen MR) is 115 cm³/mol. The van der Waals surface area contributed by atoms with Crippen molar-refractivity contribution in [3.63, 3.8) is 0 Å². The second-order valence-electron chi connectivity index (χ2n) is 6.94. The third-order valence-corrected chi connectivity index (χ3v) is 5.94. The average Bonchev–Trinajstić information content (AvgIpc) is 3.22. The molecule has 0 saturated heterocycles. The van der Waals surface area contributed by atoms with Gasteiger partial charge in [0.2, 0.25) is 22.7 Å². The number of nitrogens with zero attached hydrogens (tertiary/aromatic N) is 1. The van der Waals surface area contributed by atoms with Gasteiger partial charge >= 0.3 is 0 Å². The zero-order chi connectivity index (χ0) is 22.4. The van der Waals surface area contributed by atoms with Gasteiger partial charge in [-0.3, -0.25) is 9.10 Å². The van der Waals surface area contributed by atoms with E-state index in [0.29, 0.717) is 41.7 Å². The maximum Gasteiger partial charge on any atom is 0.232 e. The van der Waals surface area contributed by atoms with Crippen LogP contribution in [0.15, 0.2) is 36.4 Å². The van der Waals surface area contributed by atoms with Crippen molar-refractivity contribution in [3.8, 4) is 23.0 Å². The number of carbonyl (C=O) groups excluding carboxylic acids is 1. The van der Waals surface area contributed by atoms with Crippen LogP contribution in [0.2, 0.25) is 0 Å². The summed E-state index contributed by atoms with van der Waals surface area (Å²) in [6, 6.07) is 10.4. The van der Waals surface area contributed by atoms with Gasteiger partial charge in [0.25, 0.3) is 0 Å². The molecule has 2 aromatic carbocycles. The number of hydrogen-bond donors (Lipinski definition) is 1. The number of anilines is 1. The van der Waals surface area contributed by atoms with E-state index in [1.165, 1.54) is 4.31 Å². The summed E-state index contributed by atoms with van der Waals surface area (Å²) < 4.78 is 46.8. The van der Waals surface area contributed by atoms with E-state index in [1.807, 2.05) is 6.07 Å². The molecule has 0 fully saturated rings. The molecule has 0 saturated carbocycles. The number of hydrogen-bond acceptors (Lipinski definition) is 7. The fourth-order valence-electron chi connectivity index (χ4n) is 3.19. The first-order chi connectivity index (χ1) is 14.8. The Hall–Kier alpha value is -3.14. The molecule has 2 aromatic rings. The molecule has 0 bridgehead atoms. The van der Waals surface area contributed by atoms with E-state index >= 15 is 0 Å². The minimum atomic E-state index is -3.52. The molecule has 1 N–H and O–H groups in total. The fraction of sp³-hybridized carbons (Fsp3) is 0.381. The zero-order valence-electron chi connectivity index (χ0n) is 17.7. The quantitative estimate of drug-likeness (QED) is 0.592. The molecule has 0 atom stereocenters. The van der Waals surface area contributed by atoms with Gasteiger partial charge in [0.1, 0.15) is 0 Å². The van der Waals surface area contributed by atoms with E-state index in [2.05, 4.69) is 5.32 Å². The van der Waals surface area contributed by atoms with E-state index < -0.39 is 10.0 Å². The van der Waals surface area contributed by atoms with E-state index in [-0.39, 0.29) is 25.7 Å². The topological polar surface area (TPSA) is 103 Å². The van der Waals surface area contributed by atoms with Gasteiger partial charge in [0, 0.05) is 25.6 Å². The van der Waals surface area contributed by atoms with Gasteiger partial charge in [-0.25, -0.2) is 8.42 Å². The fourth-order valence-corrected chi connectivity index (χ4v) is 4.15. The third-order valence-electron chi connectivity index (χ3n) is 4.75. The van der Waals surface area contributed by atoms with E-state index in [9.17, 15) is 13.2 Å². The van der Waals surface area contributed by atoms with Crippen molar-refractivity contribution < 1.29 is 32.2 Å². The van der Waals surface area contributed by atoms with Crippen LogP contribution in [0.5, 0.6) is 23.0 Å². The number of amides is 1. The molecule has 10 heteroatoms. The van der Waals surface area contributed by atoms with Gasteiger partial charge < -0.3 is 24.3 Å². The Bertz CT molecular complexity index is 1040. The van der Waals surface area contributed by atoms with Gasteiger partial charge in [-0.2, -0.15) is 0 Å². The van der Waals surface area contributed by atoms with Gasteiger partial charge in [-0.1, -0.05) is 6.07 Å². The molecular formula is C21H26N2O7S. The van der Waals surface area contributed by atoms with Crippen molar-refractivity contribution in [3.05, 3.63) is 42.0 Å². The number of rotatable bonds is 10. The Morgan fingerprint density at radius 1 is 1.06 bits per heavy atom. The van der Waals surface area contributed by atoms with Crippen LogP contribution in [0.4, 0.5) is 5.69 Å². The summed E-state index contributed by atoms with van der Waals surface area (Å²) in [6.07, 6.45) is 1.68. The molecule has 3 rings (SSSR count).